The molecule has 0 radical (unpaired) electrons. The number of benzene rings is 2. The molecule has 0 heterocycles. The van der Waals surface area contributed by atoms with Gasteiger partial charge in [-0.25, -0.2) is 0 Å². The van der Waals surface area contributed by atoms with Crippen LogP contribution < -0.4 is 11.5 Å². The quantitative estimate of drug-likeness (QED) is 0.560. The molecule has 0 fully saturated rings. The van der Waals surface area contributed by atoms with Gasteiger partial charge in [-0.05, 0) is 45.9 Å². The Bertz CT molecular complexity index is 716. The lowest BCUT2D eigenvalue weighted by Gasteiger charge is -2.28. The van der Waals surface area contributed by atoms with Crippen molar-refractivity contribution in [2.45, 2.75) is 89.5 Å². The zero-order valence-electron chi connectivity index (χ0n) is 19.4. The van der Waals surface area contributed by atoms with Gasteiger partial charge in [-0.1, -0.05) is 90.1 Å². The van der Waals surface area contributed by atoms with Crippen LogP contribution in [0.2, 0.25) is 0 Å². The SMILES string of the molecule is CC(C)(C)c1ccc(C[C@H](N)[C@@H](O)[C@H](O)[C@@H](N)Cc2ccc(C(C)(C)C)cc2)cc1. The summed E-state index contributed by atoms with van der Waals surface area (Å²) in [6.45, 7) is 13.0. The average molecular weight is 413 g/mol. The van der Waals surface area contributed by atoms with E-state index in [0.29, 0.717) is 12.8 Å². The molecule has 0 aliphatic carbocycles. The number of hydrogen-bond acceptors (Lipinski definition) is 4. The molecular formula is C26H40N2O2. The van der Waals surface area contributed by atoms with Gasteiger partial charge in [-0.3, -0.25) is 0 Å². The molecule has 4 heteroatoms. The van der Waals surface area contributed by atoms with E-state index in [2.05, 4.69) is 65.8 Å². The summed E-state index contributed by atoms with van der Waals surface area (Å²) in [4.78, 5) is 0. The Kier molecular flexibility index (Phi) is 7.86. The maximum absolute atomic E-state index is 10.6. The van der Waals surface area contributed by atoms with Crippen molar-refractivity contribution in [3.05, 3.63) is 70.8 Å². The van der Waals surface area contributed by atoms with Gasteiger partial charge in [-0.15, -0.1) is 0 Å². The second kappa shape index (κ2) is 9.61. The fourth-order valence-corrected chi connectivity index (χ4v) is 3.57. The highest BCUT2D eigenvalue weighted by atomic mass is 16.3. The molecule has 4 atom stereocenters. The van der Waals surface area contributed by atoms with E-state index in [-0.39, 0.29) is 10.8 Å². The van der Waals surface area contributed by atoms with Crippen LogP contribution in [0.4, 0.5) is 0 Å². The maximum atomic E-state index is 10.6. The highest BCUT2D eigenvalue weighted by Gasteiger charge is 2.29. The summed E-state index contributed by atoms with van der Waals surface area (Å²) in [6.07, 6.45) is -1.21. The van der Waals surface area contributed by atoms with Gasteiger partial charge < -0.3 is 21.7 Å². The zero-order valence-corrected chi connectivity index (χ0v) is 19.4. The van der Waals surface area contributed by atoms with E-state index in [1.165, 1.54) is 11.1 Å². The summed E-state index contributed by atoms with van der Waals surface area (Å²) in [5.74, 6) is 0. The summed E-state index contributed by atoms with van der Waals surface area (Å²) in [7, 11) is 0. The molecule has 0 saturated carbocycles. The van der Waals surface area contributed by atoms with Gasteiger partial charge in [0.05, 0.1) is 12.2 Å². The van der Waals surface area contributed by atoms with Crippen LogP contribution in [-0.4, -0.2) is 34.5 Å². The molecule has 0 aromatic heterocycles. The van der Waals surface area contributed by atoms with E-state index in [1.807, 2.05) is 24.3 Å². The van der Waals surface area contributed by atoms with Crippen LogP contribution in [0.25, 0.3) is 0 Å². The maximum Gasteiger partial charge on any atom is 0.0968 e. The Balaban J connectivity index is 1.95. The third-order valence-electron chi connectivity index (χ3n) is 5.81. The van der Waals surface area contributed by atoms with Crippen molar-refractivity contribution in [2.75, 3.05) is 0 Å². The van der Waals surface area contributed by atoms with Crippen LogP contribution in [0.15, 0.2) is 48.5 Å². The standard InChI is InChI=1S/C26H40N2O2/c1-25(2,3)19-11-7-17(8-12-19)15-21(27)23(29)24(30)22(28)16-18-9-13-20(14-10-18)26(4,5)6/h7-14,21-24,29-30H,15-16,27-28H2,1-6H3/t21-,22-,23+,24+/m0/s1. The number of nitrogens with two attached hydrogens (primary N) is 2. The molecule has 0 aliphatic heterocycles. The van der Waals surface area contributed by atoms with Crippen molar-refractivity contribution in [3.63, 3.8) is 0 Å². The zero-order chi connectivity index (χ0) is 22.7. The predicted octanol–water partition coefficient (Wildman–Crippen LogP) is 3.44. The molecule has 0 amide bonds. The van der Waals surface area contributed by atoms with Crippen molar-refractivity contribution >= 4 is 0 Å². The van der Waals surface area contributed by atoms with Gasteiger partial charge in [0, 0.05) is 12.1 Å². The van der Waals surface area contributed by atoms with Gasteiger partial charge in [-0.2, -0.15) is 0 Å². The van der Waals surface area contributed by atoms with E-state index in [9.17, 15) is 10.2 Å². The summed E-state index contributed by atoms with van der Waals surface area (Å²) >= 11 is 0. The summed E-state index contributed by atoms with van der Waals surface area (Å²) in [6, 6.07) is 15.4. The van der Waals surface area contributed by atoms with Gasteiger partial charge >= 0.3 is 0 Å². The summed E-state index contributed by atoms with van der Waals surface area (Å²) < 4.78 is 0. The first kappa shape index (κ1) is 24.5. The average Bonchev–Trinajstić information content (AvgIpc) is 2.66. The first-order valence-corrected chi connectivity index (χ1v) is 10.8. The number of aliphatic hydroxyl groups excluding tert-OH is 2. The Morgan fingerprint density at radius 2 is 0.867 bits per heavy atom. The Morgan fingerprint density at radius 1 is 0.600 bits per heavy atom. The van der Waals surface area contributed by atoms with E-state index >= 15 is 0 Å². The van der Waals surface area contributed by atoms with Crippen LogP contribution in [0.3, 0.4) is 0 Å². The number of aliphatic hydroxyl groups is 2. The molecule has 166 valence electrons. The van der Waals surface area contributed by atoms with Gasteiger partial charge in [0.1, 0.15) is 0 Å². The fraction of sp³-hybridized carbons (Fsp3) is 0.538. The van der Waals surface area contributed by atoms with Gasteiger partial charge in [0.25, 0.3) is 0 Å². The minimum atomic E-state index is -1.09. The van der Waals surface area contributed by atoms with Gasteiger partial charge in [0.2, 0.25) is 0 Å². The molecule has 2 rings (SSSR count). The molecule has 0 spiro atoms. The smallest absolute Gasteiger partial charge is 0.0968 e. The lowest BCUT2D eigenvalue weighted by molar-refractivity contribution is -0.00976. The van der Waals surface area contributed by atoms with Crippen LogP contribution in [-0.2, 0) is 23.7 Å². The van der Waals surface area contributed by atoms with Crippen LogP contribution >= 0.6 is 0 Å². The molecule has 6 N–H and O–H groups in total. The molecule has 0 unspecified atom stereocenters. The lowest BCUT2D eigenvalue weighted by atomic mass is 9.85. The van der Waals surface area contributed by atoms with Crippen molar-refractivity contribution < 1.29 is 10.2 Å². The normalized spacial score (nSPS) is 16.7. The number of rotatable bonds is 7. The molecule has 0 aliphatic rings. The van der Waals surface area contributed by atoms with Crippen molar-refractivity contribution in [1.29, 1.82) is 0 Å². The van der Waals surface area contributed by atoms with Crippen molar-refractivity contribution in [2.24, 2.45) is 11.5 Å². The minimum Gasteiger partial charge on any atom is -0.389 e. The first-order valence-electron chi connectivity index (χ1n) is 10.8. The molecule has 30 heavy (non-hydrogen) atoms. The topological polar surface area (TPSA) is 92.5 Å². The minimum absolute atomic E-state index is 0.0915. The molecule has 4 nitrogen and oxygen atoms in total. The Hall–Kier alpha value is -1.72. The van der Waals surface area contributed by atoms with E-state index in [4.69, 9.17) is 11.5 Å². The monoisotopic (exact) mass is 412 g/mol. The molecule has 0 bridgehead atoms. The first-order chi connectivity index (χ1) is 13.8. The molecule has 2 aromatic rings. The van der Waals surface area contributed by atoms with E-state index in [1.54, 1.807) is 0 Å². The van der Waals surface area contributed by atoms with Crippen LogP contribution in [0, 0.1) is 0 Å². The summed E-state index contributed by atoms with van der Waals surface area (Å²) in [5, 5.41) is 21.2. The Labute approximate surface area is 182 Å². The summed E-state index contributed by atoms with van der Waals surface area (Å²) in [5.41, 5.74) is 17.2. The third kappa shape index (κ3) is 6.64. The number of hydrogen-bond donors (Lipinski definition) is 4. The Morgan fingerprint density at radius 3 is 1.10 bits per heavy atom. The fourth-order valence-electron chi connectivity index (χ4n) is 3.57. The highest BCUT2D eigenvalue weighted by molar-refractivity contribution is 5.29. The van der Waals surface area contributed by atoms with E-state index < -0.39 is 24.3 Å². The predicted molar refractivity (Wildman–Crippen MR) is 126 cm³/mol. The second-order valence-electron chi connectivity index (χ2n) is 10.6. The van der Waals surface area contributed by atoms with E-state index in [0.717, 1.165) is 11.1 Å². The lowest BCUT2D eigenvalue weighted by Crippen LogP contribution is -2.52. The highest BCUT2D eigenvalue weighted by Crippen LogP contribution is 2.24. The van der Waals surface area contributed by atoms with Gasteiger partial charge in [0.15, 0.2) is 0 Å². The molecule has 0 saturated heterocycles. The van der Waals surface area contributed by atoms with Crippen molar-refractivity contribution in [3.8, 4) is 0 Å². The third-order valence-corrected chi connectivity index (χ3v) is 5.81. The van der Waals surface area contributed by atoms with Crippen molar-refractivity contribution in [1.82, 2.24) is 0 Å². The molecule has 2 aromatic carbocycles. The van der Waals surface area contributed by atoms with Crippen LogP contribution in [0.5, 0.6) is 0 Å². The largest absolute Gasteiger partial charge is 0.389 e. The second-order valence-corrected chi connectivity index (χ2v) is 10.6. The molecular weight excluding hydrogens is 372 g/mol. The van der Waals surface area contributed by atoms with Crippen LogP contribution in [0.1, 0.15) is 63.8 Å².